The number of hydrogen-bond acceptors (Lipinski definition) is 5. The Morgan fingerprint density at radius 3 is 2.92 bits per heavy atom. The summed E-state index contributed by atoms with van der Waals surface area (Å²) in [6, 6.07) is 7.37. The Morgan fingerprint density at radius 2 is 2.19 bits per heavy atom. The van der Waals surface area contributed by atoms with Gasteiger partial charge in [-0.25, -0.2) is 4.68 Å². The SMILES string of the molecule is CN(C)C(=O)Cn1cc(C(=O)N2CCNCC2c2cccc(Cl)c2)nn1. The van der Waals surface area contributed by atoms with Crippen molar-refractivity contribution in [2.24, 2.45) is 0 Å². The fourth-order valence-corrected chi connectivity index (χ4v) is 3.06. The van der Waals surface area contributed by atoms with E-state index < -0.39 is 0 Å². The first kappa shape index (κ1) is 18.3. The van der Waals surface area contributed by atoms with Gasteiger partial charge in [0.1, 0.15) is 6.54 Å². The van der Waals surface area contributed by atoms with Crippen LogP contribution < -0.4 is 5.32 Å². The molecule has 1 aromatic heterocycles. The van der Waals surface area contributed by atoms with Crippen molar-refractivity contribution in [1.29, 1.82) is 0 Å². The summed E-state index contributed by atoms with van der Waals surface area (Å²) >= 11 is 6.10. The highest BCUT2D eigenvalue weighted by atomic mass is 35.5. The zero-order valence-electron chi connectivity index (χ0n) is 14.7. The van der Waals surface area contributed by atoms with Crippen molar-refractivity contribution in [1.82, 2.24) is 30.1 Å². The quantitative estimate of drug-likeness (QED) is 0.853. The molecule has 1 unspecified atom stereocenters. The second-order valence-electron chi connectivity index (χ2n) is 6.36. The number of nitrogens with zero attached hydrogens (tertiary/aromatic N) is 5. The number of carbonyl (C=O) groups is 2. The molecule has 0 saturated carbocycles. The number of likely N-dealkylation sites (N-methyl/N-ethyl adjacent to an activating group) is 1. The van der Waals surface area contributed by atoms with Crippen molar-refractivity contribution in [3.8, 4) is 0 Å². The van der Waals surface area contributed by atoms with Gasteiger partial charge in [-0.05, 0) is 17.7 Å². The van der Waals surface area contributed by atoms with Crippen LogP contribution in [0.5, 0.6) is 0 Å². The molecule has 0 aliphatic carbocycles. The third kappa shape index (κ3) is 4.03. The predicted molar refractivity (Wildman–Crippen MR) is 96.8 cm³/mol. The van der Waals surface area contributed by atoms with Crippen molar-refractivity contribution >= 4 is 23.4 Å². The van der Waals surface area contributed by atoms with Crippen LogP contribution in [0.3, 0.4) is 0 Å². The molecular weight excluding hydrogens is 356 g/mol. The Kier molecular flexibility index (Phi) is 5.53. The van der Waals surface area contributed by atoms with Crippen LogP contribution in [0.2, 0.25) is 5.02 Å². The van der Waals surface area contributed by atoms with Crippen molar-refractivity contribution in [2.75, 3.05) is 33.7 Å². The van der Waals surface area contributed by atoms with Crippen molar-refractivity contribution < 1.29 is 9.59 Å². The van der Waals surface area contributed by atoms with Gasteiger partial charge < -0.3 is 15.1 Å². The van der Waals surface area contributed by atoms with Gasteiger partial charge in [-0.2, -0.15) is 0 Å². The molecule has 1 N–H and O–H groups in total. The molecule has 1 aliphatic heterocycles. The van der Waals surface area contributed by atoms with Gasteiger partial charge in [0.15, 0.2) is 5.69 Å². The standard InChI is InChI=1S/C17H21ClN6O2/c1-22(2)16(25)11-23-10-14(20-21-23)17(26)24-7-6-19-9-15(24)12-4-3-5-13(18)8-12/h3-5,8,10,15,19H,6-7,9,11H2,1-2H3. The summed E-state index contributed by atoms with van der Waals surface area (Å²) in [7, 11) is 3.34. The summed E-state index contributed by atoms with van der Waals surface area (Å²) in [5.41, 5.74) is 1.19. The van der Waals surface area contributed by atoms with Crippen LogP contribution in [0.25, 0.3) is 0 Å². The van der Waals surface area contributed by atoms with Crippen LogP contribution in [0.15, 0.2) is 30.5 Å². The number of nitrogens with one attached hydrogen (secondary N) is 1. The first-order chi connectivity index (χ1) is 12.5. The molecule has 1 atom stereocenters. The van der Waals surface area contributed by atoms with Crippen molar-refractivity contribution in [3.63, 3.8) is 0 Å². The molecule has 26 heavy (non-hydrogen) atoms. The van der Waals surface area contributed by atoms with E-state index in [4.69, 9.17) is 11.6 Å². The fraction of sp³-hybridized carbons (Fsp3) is 0.412. The van der Waals surface area contributed by atoms with Crippen LogP contribution in [-0.4, -0.2) is 70.3 Å². The minimum absolute atomic E-state index is 0.0482. The van der Waals surface area contributed by atoms with E-state index in [-0.39, 0.29) is 30.1 Å². The second kappa shape index (κ2) is 7.84. The van der Waals surface area contributed by atoms with Gasteiger partial charge in [-0.15, -0.1) is 5.10 Å². The van der Waals surface area contributed by atoms with Crippen LogP contribution in [0.1, 0.15) is 22.1 Å². The molecule has 8 nitrogen and oxygen atoms in total. The van der Waals surface area contributed by atoms with Gasteiger partial charge in [-0.1, -0.05) is 28.9 Å². The van der Waals surface area contributed by atoms with E-state index >= 15 is 0 Å². The Bertz CT molecular complexity index is 806. The number of carbonyl (C=O) groups excluding carboxylic acids is 2. The summed E-state index contributed by atoms with van der Waals surface area (Å²) < 4.78 is 1.38. The number of aromatic nitrogens is 3. The molecule has 3 rings (SSSR count). The molecule has 0 spiro atoms. The van der Waals surface area contributed by atoms with Gasteiger partial charge in [-0.3, -0.25) is 9.59 Å². The zero-order chi connectivity index (χ0) is 18.7. The predicted octanol–water partition coefficient (Wildman–Crippen LogP) is 0.806. The zero-order valence-corrected chi connectivity index (χ0v) is 15.5. The Balaban J connectivity index is 1.79. The highest BCUT2D eigenvalue weighted by Crippen LogP contribution is 2.25. The monoisotopic (exact) mass is 376 g/mol. The minimum Gasteiger partial charge on any atom is -0.347 e. The van der Waals surface area contributed by atoms with E-state index in [0.717, 1.165) is 5.56 Å². The lowest BCUT2D eigenvalue weighted by Gasteiger charge is -2.36. The van der Waals surface area contributed by atoms with E-state index in [2.05, 4.69) is 15.6 Å². The third-order valence-electron chi connectivity index (χ3n) is 4.29. The van der Waals surface area contributed by atoms with Gasteiger partial charge in [0.25, 0.3) is 5.91 Å². The lowest BCUT2D eigenvalue weighted by Crippen LogP contribution is -2.48. The molecule has 1 aliphatic rings. The van der Waals surface area contributed by atoms with Gasteiger partial charge in [0, 0.05) is 38.8 Å². The highest BCUT2D eigenvalue weighted by Gasteiger charge is 2.30. The molecule has 1 aromatic carbocycles. The summed E-state index contributed by atoms with van der Waals surface area (Å²) in [5, 5.41) is 11.8. The number of hydrogen-bond donors (Lipinski definition) is 1. The number of rotatable bonds is 4. The topological polar surface area (TPSA) is 83.4 Å². The summed E-state index contributed by atoms with van der Waals surface area (Å²) in [5.74, 6) is -0.326. The first-order valence-corrected chi connectivity index (χ1v) is 8.71. The first-order valence-electron chi connectivity index (χ1n) is 8.33. The molecule has 1 fully saturated rings. The Hall–Kier alpha value is -2.45. The molecule has 2 heterocycles. The van der Waals surface area contributed by atoms with Gasteiger partial charge in [0.05, 0.1) is 12.2 Å². The molecule has 1 saturated heterocycles. The van der Waals surface area contributed by atoms with Crippen LogP contribution in [-0.2, 0) is 11.3 Å². The average molecular weight is 377 g/mol. The fourth-order valence-electron chi connectivity index (χ4n) is 2.86. The van der Waals surface area contributed by atoms with Crippen molar-refractivity contribution in [3.05, 3.63) is 46.7 Å². The summed E-state index contributed by atoms with van der Waals surface area (Å²) in [6.07, 6.45) is 1.51. The molecule has 2 amide bonds. The van der Waals surface area contributed by atoms with E-state index in [9.17, 15) is 9.59 Å². The molecule has 138 valence electrons. The number of halogens is 1. The number of amides is 2. The van der Waals surface area contributed by atoms with Crippen LogP contribution >= 0.6 is 11.6 Å². The summed E-state index contributed by atoms with van der Waals surface area (Å²) in [6.45, 7) is 1.95. The van der Waals surface area contributed by atoms with Crippen LogP contribution in [0.4, 0.5) is 0 Å². The molecule has 2 aromatic rings. The lowest BCUT2D eigenvalue weighted by molar-refractivity contribution is -0.129. The summed E-state index contributed by atoms with van der Waals surface area (Å²) in [4.78, 5) is 28.0. The average Bonchev–Trinajstić information content (AvgIpc) is 3.09. The third-order valence-corrected chi connectivity index (χ3v) is 4.53. The molecule has 9 heteroatoms. The molecule has 0 bridgehead atoms. The largest absolute Gasteiger partial charge is 0.347 e. The normalized spacial score (nSPS) is 17.2. The van der Waals surface area contributed by atoms with E-state index in [1.54, 1.807) is 25.1 Å². The second-order valence-corrected chi connectivity index (χ2v) is 6.80. The highest BCUT2D eigenvalue weighted by molar-refractivity contribution is 6.30. The molecule has 0 radical (unpaired) electrons. The maximum absolute atomic E-state index is 13.0. The van der Waals surface area contributed by atoms with E-state index in [1.807, 2.05) is 18.2 Å². The van der Waals surface area contributed by atoms with E-state index in [1.165, 1.54) is 15.8 Å². The Labute approximate surface area is 156 Å². The van der Waals surface area contributed by atoms with Crippen molar-refractivity contribution in [2.45, 2.75) is 12.6 Å². The smallest absolute Gasteiger partial charge is 0.276 e. The Morgan fingerprint density at radius 1 is 1.38 bits per heavy atom. The number of piperazine rings is 1. The van der Waals surface area contributed by atoms with Crippen LogP contribution in [0, 0.1) is 0 Å². The van der Waals surface area contributed by atoms with Gasteiger partial charge in [0.2, 0.25) is 5.91 Å². The van der Waals surface area contributed by atoms with Gasteiger partial charge >= 0.3 is 0 Å². The molecular formula is C17H21ClN6O2. The maximum Gasteiger partial charge on any atom is 0.276 e. The maximum atomic E-state index is 13.0. The minimum atomic E-state index is -0.208. The lowest BCUT2D eigenvalue weighted by atomic mass is 10.0. The van der Waals surface area contributed by atoms with E-state index in [0.29, 0.717) is 24.7 Å². The number of benzene rings is 1.